The number of nitrogens with zero attached hydrogens (tertiary/aromatic N) is 2. The van der Waals surface area contributed by atoms with Crippen LogP contribution in [0, 0.1) is 0 Å². The highest BCUT2D eigenvalue weighted by atomic mass is 35.5. The van der Waals surface area contributed by atoms with Gasteiger partial charge in [0.15, 0.2) is 0 Å². The van der Waals surface area contributed by atoms with E-state index in [1.54, 1.807) is 0 Å². The molecule has 1 aromatic heterocycles. The third-order valence-corrected chi connectivity index (χ3v) is 7.92. The summed E-state index contributed by atoms with van der Waals surface area (Å²) in [6, 6.07) is 1.98. The summed E-state index contributed by atoms with van der Waals surface area (Å²) in [6.07, 6.45) is 5.16. The zero-order valence-corrected chi connectivity index (χ0v) is 14.4. The molecule has 1 aliphatic carbocycles. The topological polar surface area (TPSA) is 25.8 Å². The summed E-state index contributed by atoms with van der Waals surface area (Å²) < 4.78 is 0. The van der Waals surface area contributed by atoms with E-state index in [1.807, 2.05) is 29.6 Å². The monoisotopic (exact) mass is 328 g/mol. The van der Waals surface area contributed by atoms with Crippen LogP contribution in [-0.4, -0.2) is 26.2 Å². The van der Waals surface area contributed by atoms with Gasteiger partial charge in [0.25, 0.3) is 0 Å². The van der Waals surface area contributed by atoms with E-state index in [-0.39, 0.29) is 0 Å². The van der Waals surface area contributed by atoms with Crippen molar-refractivity contribution in [2.45, 2.75) is 61.2 Å². The van der Waals surface area contributed by atoms with Crippen LogP contribution in [0.25, 0.3) is 0 Å². The zero-order valence-electron chi connectivity index (χ0n) is 12.0. The lowest BCUT2D eigenvalue weighted by Crippen LogP contribution is -2.23. The van der Waals surface area contributed by atoms with Crippen LogP contribution in [0.3, 0.4) is 0 Å². The second-order valence-corrected chi connectivity index (χ2v) is 9.21. The van der Waals surface area contributed by atoms with Gasteiger partial charge in [0, 0.05) is 27.9 Å². The van der Waals surface area contributed by atoms with E-state index in [2.05, 4.69) is 18.8 Å². The summed E-state index contributed by atoms with van der Waals surface area (Å²) in [5.74, 6) is 2.66. The molecule has 2 heterocycles. The fourth-order valence-corrected chi connectivity index (χ4v) is 5.99. The zero-order chi connectivity index (χ0) is 14.1. The second kappa shape index (κ2) is 6.45. The van der Waals surface area contributed by atoms with Crippen molar-refractivity contribution in [3.63, 3.8) is 0 Å². The van der Waals surface area contributed by atoms with Gasteiger partial charge >= 0.3 is 0 Å². The first-order valence-electron chi connectivity index (χ1n) is 7.45. The molecule has 3 atom stereocenters. The van der Waals surface area contributed by atoms with Crippen LogP contribution in [-0.2, 0) is 0 Å². The molecule has 0 aromatic carbocycles. The Morgan fingerprint density at radius 2 is 1.90 bits per heavy atom. The van der Waals surface area contributed by atoms with Gasteiger partial charge in [-0.2, -0.15) is 11.8 Å². The molecule has 110 valence electrons. The van der Waals surface area contributed by atoms with Gasteiger partial charge in [-0.15, -0.1) is 11.8 Å². The van der Waals surface area contributed by atoms with Crippen LogP contribution >= 0.6 is 35.1 Å². The Labute approximate surface area is 134 Å². The highest BCUT2D eigenvalue weighted by Gasteiger charge is 2.29. The quantitative estimate of drug-likeness (QED) is 0.706. The largest absolute Gasteiger partial charge is 0.236 e. The fraction of sp³-hybridized carbons (Fsp3) is 0.733. The molecular weight excluding hydrogens is 308 g/mol. The minimum Gasteiger partial charge on any atom is -0.236 e. The van der Waals surface area contributed by atoms with Gasteiger partial charge < -0.3 is 0 Å². The molecule has 3 rings (SSSR count). The molecule has 1 aliphatic heterocycles. The average Bonchev–Trinajstić information content (AvgIpc) is 2.95. The van der Waals surface area contributed by atoms with Crippen LogP contribution in [0.4, 0.5) is 0 Å². The molecule has 0 spiro atoms. The first-order valence-corrected chi connectivity index (χ1v) is 9.82. The van der Waals surface area contributed by atoms with Crippen LogP contribution in [0.15, 0.2) is 6.07 Å². The van der Waals surface area contributed by atoms with E-state index in [9.17, 15) is 0 Å². The Hall–Kier alpha value is 0.0700. The minimum atomic E-state index is 0.394. The molecule has 3 unspecified atom stereocenters. The highest BCUT2D eigenvalue weighted by Crippen LogP contribution is 2.44. The molecule has 0 N–H and O–H groups in total. The first-order chi connectivity index (χ1) is 9.63. The Kier molecular flexibility index (Phi) is 4.83. The van der Waals surface area contributed by atoms with E-state index in [4.69, 9.17) is 16.6 Å². The van der Waals surface area contributed by atoms with Gasteiger partial charge in [0.1, 0.15) is 11.0 Å². The molecule has 1 saturated heterocycles. The van der Waals surface area contributed by atoms with Crippen LogP contribution in [0.1, 0.15) is 62.2 Å². The number of halogens is 1. The smallest absolute Gasteiger partial charge is 0.144 e. The molecule has 5 heteroatoms. The summed E-state index contributed by atoms with van der Waals surface area (Å²) in [4.78, 5) is 9.38. The maximum absolute atomic E-state index is 6.25. The SMILES string of the molecule is CC1SCC(c2nc(Cl)cc(C3CCCC3)n2)SC1C. The molecule has 0 bridgehead atoms. The van der Waals surface area contributed by atoms with Crippen molar-refractivity contribution in [1.29, 1.82) is 0 Å². The summed E-state index contributed by atoms with van der Waals surface area (Å²) in [6.45, 7) is 4.61. The van der Waals surface area contributed by atoms with Gasteiger partial charge in [-0.1, -0.05) is 38.3 Å². The Morgan fingerprint density at radius 1 is 1.15 bits per heavy atom. The molecular formula is C15H21ClN2S2. The maximum atomic E-state index is 6.25. The van der Waals surface area contributed by atoms with Crippen molar-refractivity contribution in [2.24, 2.45) is 0 Å². The number of hydrogen-bond acceptors (Lipinski definition) is 4. The molecule has 1 saturated carbocycles. The van der Waals surface area contributed by atoms with Gasteiger partial charge in [-0.25, -0.2) is 9.97 Å². The highest BCUT2D eigenvalue weighted by molar-refractivity contribution is 8.07. The Bertz CT molecular complexity index is 477. The van der Waals surface area contributed by atoms with Crippen molar-refractivity contribution >= 4 is 35.1 Å². The summed E-state index contributed by atoms with van der Waals surface area (Å²) >= 11 is 10.3. The number of hydrogen-bond donors (Lipinski definition) is 0. The van der Waals surface area contributed by atoms with Crippen molar-refractivity contribution in [1.82, 2.24) is 9.97 Å². The number of thioether (sulfide) groups is 2. The fourth-order valence-electron chi connectivity index (χ4n) is 2.95. The lowest BCUT2D eigenvalue weighted by atomic mass is 10.0. The van der Waals surface area contributed by atoms with Crippen molar-refractivity contribution in [3.05, 3.63) is 22.7 Å². The lowest BCUT2D eigenvalue weighted by Gasteiger charge is -2.30. The molecule has 20 heavy (non-hydrogen) atoms. The van der Waals surface area contributed by atoms with Gasteiger partial charge in [0.05, 0.1) is 5.25 Å². The third-order valence-electron chi connectivity index (χ3n) is 4.34. The normalized spacial score (nSPS) is 31.6. The Morgan fingerprint density at radius 3 is 2.60 bits per heavy atom. The van der Waals surface area contributed by atoms with Crippen molar-refractivity contribution in [2.75, 3.05) is 5.75 Å². The number of aromatic nitrogens is 2. The van der Waals surface area contributed by atoms with Gasteiger partial charge in [-0.05, 0) is 18.9 Å². The molecule has 2 aliphatic rings. The molecule has 2 fully saturated rings. The standard InChI is InChI=1S/C15H21ClN2S2/c1-9-10(2)20-13(8-19-9)15-17-12(7-14(16)18-15)11-5-3-4-6-11/h7,9-11,13H,3-6,8H2,1-2H3. The second-order valence-electron chi connectivity index (χ2n) is 5.82. The predicted octanol–water partition coefficient (Wildman–Crippen LogP) is 5.09. The molecule has 0 radical (unpaired) electrons. The van der Waals surface area contributed by atoms with E-state index < -0.39 is 0 Å². The van der Waals surface area contributed by atoms with E-state index >= 15 is 0 Å². The molecule has 0 amide bonds. The van der Waals surface area contributed by atoms with Crippen molar-refractivity contribution < 1.29 is 0 Å². The number of rotatable bonds is 2. The third kappa shape index (κ3) is 3.28. The summed E-state index contributed by atoms with van der Waals surface area (Å²) in [7, 11) is 0. The minimum absolute atomic E-state index is 0.394. The van der Waals surface area contributed by atoms with Crippen LogP contribution < -0.4 is 0 Å². The summed E-state index contributed by atoms with van der Waals surface area (Å²) in [5.41, 5.74) is 1.18. The average molecular weight is 329 g/mol. The van der Waals surface area contributed by atoms with Crippen molar-refractivity contribution in [3.8, 4) is 0 Å². The van der Waals surface area contributed by atoms with E-state index in [1.165, 1.54) is 31.4 Å². The predicted molar refractivity (Wildman–Crippen MR) is 90.0 cm³/mol. The molecule has 2 nitrogen and oxygen atoms in total. The molecule has 1 aromatic rings. The van der Waals surface area contributed by atoms with Gasteiger partial charge in [0.2, 0.25) is 0 Å². The van der Waals surface area contributed by atoms with Crippen LogP contribution in [0.2, 0.25) is 5.15 Å². The van der Waals surface area contributed by atoms with E-state index in [0.29, 0.717) is 26.8 Å². The van der Waals surface area contributed by atoms with Gasteiger partial charge in [-0.3, -0.25) is 0 Å². The van der Waals surface area contributed by atoms with Crippen LogP contribution in [0.5, 0.6) is 0 Å². The maximum Gasteiger partial charge on any atom is 0.144 e. The first kappa shape index (κ1) is 15.0. The van der Waals surface area contributed by atoms with E-state index in [0.717, 1.165) is 11.6 Å². The Balaban J connectivity index is 1.82. The lowest BCUT2D eigenvalue weighted by molar-refractivity contribution is 0.683. The summed E-state index contributed by atoms with van der Waals surface area (Å²) in [5, 5.41) is 2.37.